The minimum atomic E-state index is -0.305. The third kappa shape index (κ3) is 2.60. The molecule has 0 atom stereocenters. The van der Waals surface area contributed by atoms with Gasteiger partial charge in [0.1, 0.15) is 5.52 Å². The van der Waals surface area contributed by atoms with E-state index in [9.17, 15) is 4.79 Å². The highest BCUT2D eigenvalue weighted by atomic mass is 35.5. The van der Waals surface area contributed by atoms with Gasteiger partial charge in [-0.15, -0.1) is 0 Å². The topological polar surface area (TPSA) is 97.7 Å². The summed E-state index contributed by atoms with van der Waals surface area (Å²) < 4.78 is 1.44. The largest absolute Gasteiger partial charge is 0.404 e. The van der Waals surface area contributed by atoms with Gasteiger partial charge in [0.2, 0.25) is 0 Å². The second-order valence-corrected chi connectivity index (χ2v) is 5.15. The molecule has 0 radical (unpaired) electrons. The molecule has 0 saturated heterocycles. The van der Waals surface area contributed by atoms with Crippen LogP contribution in [0.4, 0.5) is 0 Å². The molecule has 0 aliphatic carbocycles. The van der Waals surface area contributed by atoms with Crippen LogP contribution in [0, 0.1) is 5.41 Å². The summed E-state index contributed by atoms with van der Waals surface area (Å²) in [6, 6.07) is 6.85. The minimum absolute atomic E-state index is 0.209. The molecule has 2 heterocycles. The van der Waals surface area contributed by atoms with Crippen molar-refractivity contribution in [2.24, 2.45) is 5.73 Å². The molecule has 1 aromatic carbocycles. The summed E-state index contributed by atoms with van der Waals surface area (Å²) in [5, 5.41) is 8.08. The average Bonchev–Trinajstić information content (AvgIpc) is 2.59. The Morgan fingerprint density at radius 3 is 2.43 bits per heavy atom. The molecule has 7 heteroatoms. The molecular formula is C16H12ClN5O. The number of nitrogens with two attached hydrogens (primary N) is 1. The van der Waals surface area contributed by atoms with Crippen molar-refractivity contribution >= 4 is 34.4 Å². The lowest BCUT2D eigenvalue weighted by Gasteiger charge is -2.11. The quantitative estimate of drug-likeness (QED) is 0.722. The van der Waals surface area contributed by atoms with Gasteiger partial charge in [0.25, 0.3) is 5.56 Å². The van der Waals surface area contributed by atoms with E-state index in [1.165, 1.54) is 23.2 Å². The third-order valence-corrected chi connectivity index (χ3v) is 3.64. The van der Waals surface area contributed by atoms with Gasteiger partial charge in [0.05, 0.1) is 0 Å². The lowest BCUT2D eigenvalue weighted by atomic mass is 10.1. The van der Waals surface area contributed by atoms with Gasteiger partial charge in [-0.3, -0.25) is 14.3 Å². The average molecular weight is 326 g/mol. The Morgan fingerprint density at radius 2 is 1.83 bits per heavy atom. The predicted octanol–water partition coefficient (Wildman–Crippen LogP) is 2.38. The normalized spacial score (nSPS) is 11.6. The Morgan fingerprint density at radius 1 is 1.17 bits per heavy atom. The van der Waals surface area contributed by atoms with Crippen molar-refractivity contribution in [1.29, 1.82) is 5.41 Å². The van der Waals surface area contributed by atoms with E-state index in [4.69, 9.17) is 22.7 Å². The van der Waals surface area contributed by atoms with Crippen molar-refractivity contribution in [2.45, 2.75) is 0 Å². The molecule has 0 aliphatic heterocycles. The number of nitrogens with one attached hydrogen (secondary N) is 1. The van der Waals surface area contributed by atoms with Gasteiger partial charge >= 0.3 is 0 Å². The second-order valence-electron chi connectivity index (χ2n) is 4.71. The van der Waals surface area contributed by atoms with Crippen LogP contribution in [0.15, 0.2) is 53.9 Å². The first-order chi connectivity index (χ1) is 11.2. The number of halogens is 1. The van der Waals surface area contributed by atoms with E-state index in [0.717, 1.165) is 6.21 Å². The maximum absolute atomic E-state index is 12.7. The van der Waals surface area contributed by atoms with Crippen LogP contribution in [-0.2, 0) is 0 Å². The lowest BCUT2D eigenvalue weighted by molar-refractivity contribution is 0.992. The molecule has 0 saturated carbocycles. The van der Waals surface area contributed by atoms with Crippen LogP contribution in [0.2, 0.25) is 5.02 Å². The fourth-order valence-corrected chi connectivity index (χ4v) is 2.40. The van der Waals surface area contributed by atoms with Crippen LogP contribution in [0.5, 0.6) is 0 Å². The van der Waals surface area contributed by atoms with Crippen LogP contribution >= 0.6 is 11.6 Å². The van der Waals surface area contributed by atoms with Gasteiger partial charge in [0.15, 0.2) is 5.52 Å². The number of allylic oxidation sites excluding steroid dienone is 1. The van der Waals surface area contributed by atoms with Gasteiger partial charge in [0, 0.05) is 52.9 Å². The number of rotatable bonds is 3. The first-order valence-electron chi connectivity index (χ1n) is 6.70. The maximum atomic E-state index is 12.7. The van der Waals surface area contributed by atoms with Crippen molar-refractivity contribution < 1.29 is 0 Å². The van der Waals surface area contributed by atoms with Gasteiger partial charge < -0.3 is 11.1 Å². The van der Waals surface area contributed by atoms with E-state index in [2.05, 4.69) is 9.97 Å². The van der Waals surface area contributed by atoms with E-state index < -0.39 is 0 Å². The summed E-state index contributed by atoms with van der Waals surface area (Å²) in [4.78, 5) is 21.0. The van der Waals surface area contributed by atoms with Gasteiger partial charge in [-0.1, -0.05) is 11.6 Å². The summed E-state index contributed by atoms with van der Waals surface area (Å²) in [7, 11) is 0. The smallest absolute Gasteiger partial charge is 0.283 e. The molecule has 0 amide bonds. The summed E-state index contributed by atoms with van der Waals surface area (Å²) in [5.41, 5.74) is 7.53. The molecule has 0 bridgehead atoms. The van der Waals surface area contributed by atoms with Crippen LogP contribution in [-0.4, -0.2) is 20.7 Å². The Kier molecular flexibility index (Phi) is 3.91. The van der Waals surface area contributed by atoms with Gasteiger partial charge in [-0.25, -0.2) is 4.98 Å². The summed E-state index contributed by atoms with van der Waals surface area (Å²) in [6.07, 6.45) is 6.96. The van der Waals surface area contributed by atoms with Crippen molar-refractivity contribution in [1.82, 2.24) is 14.5 Å². The van der Waals surface area contributed by atoms with Crippen LogP contribution in [0.1, 0.15) is 5.56 Å². The molecule has 6 nitrogen and oxygen atoms in total. The van der Waals surface area contributed by atoms with E-state index in [0.29, 0.717) is 27.4 Å². The molecule has 114 valence electrons. The fraction of sp³-hybridized carbons (Fsp3) is 0. The standard InChI is InChI=1S/C16H12ClN5O/c17-11-1-3-12(4-2-11)22-9-13(10(7-18)8-19)14-15(16(22)23)21-6-5-20-14/h1-9,18H,19H2/b10-8+,18-7?. The highest BCUT2D eigenvalue weighted by Crippen LogP contribution is 2.20. The van der Waals surface area contributed by atoms with E-state index >= 15 is 0 Å². The van der Waals surface area contributed by atoms with E-state index in [1.54, 1.807) is 30.5 Å². The van der Waals surface area contributed by atoms with Crippen LogP contribution in [0.3, 0.4) is 0 Å². The molecule has 0 unspecified atom stereocenters. The van der Waals surface area contributed by atoms with Gasteiger partial charge in [-0.2, -0.15) is 0 Å². The first kappa shape index (κ1) is 14.9. The predicted molar refractivity (Wildman–Crippen MR) is 91.1 cm³/mol. The second kappa shape index (κ2) is 6.02. The van der Waals surface area contributed by atoms with Gasteiger partial charge in [-0.05, 0) is 24.3 Å². The zero-order chi connectivity index (χ0) is 16.4. The SMILES string of the molecule is N=C/C(=C\N)c1cn(-c2ccc(Cl)cc2)c(=O)c2nccnc12. The number of pyridine rings is 1. The first-order valence-corrected chi connectivity index (χ1v) is 7.08. The summed E-state index contributed by atoms with van der Waals surface area (Å²) in [6.45, 7) is 0. The Balaban J connectivity index is 2.40. The third-order valence-electron chi connectivity index (χ3n) is 3.38. The number of benzene rings is 1. The zero-order valence-corrected chi connectivity index (χ0v) is 12.7. The number of hydrogen-bond acceptors (Lipinski definition) is 5. The molecule has 0 fully saturated rings. The van der Waals surface area contributed by atoms with Crippen LogP contribution < -0.4 is 11.3 Å². The fourth-order valence-electron chi connectivity index (χ4n) is 2.27. The molecule has 0 aliphatic rings. The lowest BCUT2D eigenvalue weighted by Crippen LogP contribution is -2.20. The molecule has 23 heavy (non-hydrogen) atoms. The molecule has 0 spiro atoms. The van der Waals surface area contributed by atoms with Crippen molar-refractivity contribution in [3.8, 4) is 5.69 Å². The zero-order valence-electron chi connectivity index (χ0n) is 11.9. The van der Waals surface area contributed by atoms with Crippen molar-refractivity contribution in [3.63, 3.8) is 0 Å². The molecule has 2 aromatic heterocycles. The number of aromatic nitrogens is 3. The molecule has 3 aromatic rings. The van der Waals surface area contributed by atoms with Crippen molar-refractivity contribution in [3.05, 3.63) is 70.0 Å². The Labute approximate surface area is 136 Å². The Hall–Kier alpha value is -2.99. The number of hydrogen-bond donors (Lipinski definition) is 2. The summed E-state index contributed by atoms with van der Waals surface area (Å²) in [5.74, 6) is 0. The Bertz CT molecular complexity index is 976. The van der Waals surface area contributed by atoms with Crippen LogP contribution in [0.25, 0.3) is 22.3 Å². The van der Waals surface area contributed by atoms with Crippen molar-refractivity contribution in [2.75, 3.05) is 0 Å². The molecule has 3 rings (SSSR count). The molecular weight excluding hydrogens is 314 g/mol. The number of nitrogens with zero attached hydrogens (tertiary/aromatic N) is 3. The summed E-state index contributed by atoms with van der Waals surface area (Å²) >= 11 is 5.90. The molecule has 3 N–H and O–H groups in total. The highest BCUT2D eigenvalue weighted by Gasteiger charge is 2.14. The van der Waals surface area contributed by atoms with E-state index in [1.807, 2.05) is 0 Å². The maximum Gasteiger partial charge on any atom is 0.283 e. The van der Waals surface area contributed by atoms with E-state index in [-0.39, 0.29) is 11.1 Å². The minimum Gasteiger partial charge on any atom is -0.404 e. The monoisotopic (exact) mass is 325 g/mol. The highest BCUT2D eigenvalue weighted by molar-refractivity contribution is 6.30. The number of fused-ring (bicyclic) bond motifs is 1.